The maximum Gasteiger partial charge on any atom is 0.335 e. The number of nitrogens with one attached hydrogen (secondary N) is 1. The number of hydrogen-bond donors (Lipinski definition) is 2. The largest absolute Gasteiger partial charge is 0.478 e. The van der Waals surface area contributed by atoms with Crippen LogP contribution in [-0.4, -0.2) is 41.0 Å². The molecule has 2 N–H and O–H groups in total. The Morgan fingerprint density at radius 3 is 2.27 bits per heavy atom. The Morgan fingerprint density at radius 2 is 1.70 bits per heavy atom. The first kappa shape index (κ1) is 21.4. The first-order valence-electron chi connectivity index (χ1n) is 9.82. The van der Waals surface area contributed by atoms with Crippen LogP contribution in [0.1, 0.15) is 46.9 Å². The minimum atomic E-state index is -0.981. The predicted molar refractivity (Wildman–Crippen MR) is 115 cm³/mol. The third-order valence-electron chi connectivity index (χ3n) is 5.17. The fourth-order valence-electron chi connectivity index (χ4n) is 3.69. The van der Waals surface area contributed by atoms with Crippen LogP contribution < -0.4 is 10.1 Å². The van der Waals surface area contributed by atoms with Crippen molar-refractivity contribution in [2.75, 3.05) is 7.05 Å². The van der Waals surface area contributed by atoms with Gasteiger partial charge < -0.3 is 15.2 Å². The molecule has 1 aliphatic heterocycles. The van der Waals surface area contributed by atoms with Crippen LogP contribution in [0.15, 0.2) is 47.6 Å². The highest BCUT2D eigenvalue weighted by molar-refractivity contribution is 6.04. The second-order valence-electron chi connectivity index (χ2n) is 7.78. The first-order valence-corrected chi connectivity index (χ1v) is 9.82. The number of aryl methyl sites for hydroxylation is 2. The van der Waals surface area contributed by atoms with Gasteiger partial charge in [0.15, 0.2) is 0 Å². The standard InChI is InChI=1S/C23H27N3O4/c1-13-10-14(2)12-19(11-13)30-22-20(16(4)25-26(22)5)21(27)24-15(3)17-6-8-18(9-7-17)23(28)29/h6-12,15,20,22H,1-5H3,(H,24,27)(H,28,29)/t15-,20?,22?/m0/s1. The van der Waals surface area contributed by atoms with Crippen molar-refractivity contribution in [3.05, 3.63) is 64.7 Å². The van der Waals surface area contributed by atoms with Crippen LogP contribution in [0.4, 0.5) is 0 Å². The van der Waals surface area contributed by atoms with E-state index in [2.05, 4.69) is 16.5 Å². The lowest BCUT2D eigenvalue weighted by Gasteiger charge is -2.27. The van der Waals surface area contributed by atoms with E-state index in [4.69, 9.17) is 9.84 Å². The average Bonchev–Trinajstić information content (AvgIpc) is 2.94. The highest BCUT2D eigenvalue weighted by Crippen LogP contribution is 2.27. The van der Waals surface area contributed by atoms with Crippen molar-refractivity contribution in [2.24, 2.45) is 11.0 Å². The summed E-state index contributed by atoms with van der Waals surface area (Å²) in [6.45, 7) is 7.68. The summed E-state index contributed by atoms with van der Waals surface area (Å²) in [6.07, 6.45) is -0.548. The van der Waals surface area contributed by atoms with Gasteiger partial charge in [0, 0.05) is 7.05 Å². The van der Waals surface area contributed by atoms with Gasteiger partial charge in [-0.25, -0.2) is 4.79 Å². The molecule has 2 aromatic carbocycles. The minimum absolute atomic E-state index is 0.190. The van der Waals surface area contributed by atoms with Crippen molar-refractivity contribution >= 4 is 17.6 Å². The molecule has 30 heavy (non-hydrogen) atoms. The maximum atomic E-state index is 13.1. The predicted octanol–water partition coefficient (Wildman–Crippen LogP) is 3.52. The smallest absolute Gasteiger partial charge is 0.335 e. The molecule has 0 spiro atoms. The van der Waals surface area contributed by atoms with Crippen molar-refractivity contribution in [1.82, 2.24) is 10.3 Å². The van der Waals surface area contributed by atoms with E-state index in [1.54, 1.807) is 24.2 Å². The molecule has 3 atom stereocenters. The summed E-state index contributed by atoms with van der Waals surface area (Å²) in [5.41, 5.74) is 3.88. The first-order chi connectivity index (χ1) is 14.2. The molecular weight excluding hydrogens is 382 g/mol. The van der Waals surface area contributed by atoms with E-state index in [-0.39, 0.29) is 17.5 Å². The average molecular weight is 409 g/mol. The lowest BCUT2D eigenvalue weighted by atomic mass is 10.00. The van der Waals surface area contributed by atoms with Gasteiger partial charge in [0.2, 0.25) is 12.1 Å². The van der Waals surface area contributed by atoms with E-state index in [0.29, 0.717) is 11.5 Å². The molecule has 0 fully saturated rings. The zero-order valence-corrected chi connectivity index (χ0v) is 17.8. The van der Waals surface area contributed by atoms with Gasteiger partial charge in [-0.1, -0.05) is 18.2 Å². The van der Waals surface area contributed by atoms with Crippen LogP contribution in [-0.2, 0) is 4.79 Å². The molecule has 0 saturated carbocycles. The third-order valence-corrected chi connectivity index (χ3v) is 5.17. The van der Waals surface area contributed by atoms with Gasteiger partial charge in [-0.2, -0.15) is 5.10 Å². The van der Waals surface area contributed by atoms with Gasteiger partial charge in [-0.05, 0) is 68.7 Å². The second kappa shape index (κ2) is 8.57. The second-order valence-corrected chi connectivity index (χ2v) is 7.78. The van der Waals surface area contributed by atoms with E-state index < -0.39 is 18.1 Å². The number of benzene rings is 2. The van der Waals surface area contributed by atoms with Gasteiger partial charge >= 0.3 is 5.97 Å². The van der Waals surface area contributed by atoms with Crippen LogP contribution >= 0.6 is 0 Å². The molecular formula is C23H27N3O4. The fraction of sp³-hybridized carbons (Fsp3) is 0.348. The summed E-state index contributed by atoms with van der Waals surface area (Å²) in [4.78, 5) is 24.1. The number of carboxylic acid groups (broad SMARTS) is 1. The zero-order valence-electron chi connectivity index (χ0n) is 17.8. The van der Waals surface area contributed by atoms with Gasteiger partial charge in [-0.3, -0.25) is 9.80 Å². The number of carbonyl (C=O) groups excluding carboxylic acids is 1. The summed E-state index contributed by atoms with van der Waals surface area (Å²) in [5.74, 6) is -1.03. The van der Waals surface area contributed by atoms with Gasteiger partial charge in [-0.15, -0.1) is 0 Å². The monoisotopic (exact) mass is 409 g/mol. The molecule has 2 aromatic rings. The van der Waals surface area contributed by atoms with Crippen molar-refractivity contribution in [3.63, 3.8) is 0 Å². The molecule has 3 rings (SSSR count). The lowest BCUT2D eigenvalue weighted by molar-refractivity contribution is -0.127. The number of hydrazone groups is 1. The molecule has 0 saturated heterocycles. The Morgan fingerprint density at radius 1 is 1.10 bits per heavy atom. The van der Waals surface area contributed by atoms with E-state index in [1.807, 2.05) is 39.8 Å². The molecule has 2 unspecified atom stereocenters. The van der Waals surface area contributed by atoms with Crippen molar-refractivity contribution < 1.29 is 19.4 Å². The third kappa shape index (κ3) is 4.62. The Kier molecular flexibility index (Phi) is 6.10. The molecule has 0 bridgehead atoms. The van der Waals surface area contributed by atoms with Crippen LogP contribution in [0.2, 0.25) is 0 Å². The molecule has 1 heterocycles. The highest BCUT2D eigenvalue weighted by atomic mass is 16.5. The van der Waals surface area contributed by atoms with E-state index in [1.165, 1.54) is 12.1 Å². The van der Waals surface area contributed by atoms with Crippen LogP contribution in [0.5, 0.6) is 5.75 Å². The van der Waals surface area contributed by atoms with Crippen LogP contribution in [0.3, 0.4) is 0 Å². The maximum absolute atomic E-state index is 13.1. The molecule has 7 heteroatoms. The number of hydrogen-bond acceptors (Lipinski definition) is 5. The number of nitrogens with zero attached hydrogens (tertiary/aromatic N) is 2. The molecule has 158 valence electrons. The number of ether oxygens (including phenoxy) is 1. The van der Waals surface area contributed by atoms with E-state index in [0.717, 1.165) is 16.7 Å². The highest BCUT2D eigenvalue weighted by Gasteiger charge is 2.41. The zero-order chi connectivity index (χ0) is 22.0. The van der Waals surface area contributed by atoms with Crippen LogP contribution in [0, 0.1) is 19.8 Å². The number of amides is 1. The van der Waals surface area contributed by atoms with E-state index in [9.17, 15) is 9.59 Å². The minimum Gasteiger partial charge on any atom is -0.478 e. The number of carbonyl (C=O) groups is 2. The Balaban J connectivity index is 1.74. The summed E-state index contributed by atoms with van der Waals surface area (Å²) in [7, 11) is 1.79. The fourth-order valence-corrected chi connectivity index (χ4v) is 3.69. The van der Waals surface area contributed by atoms with Crippen molar-refractivity contribution in [2.45, 2.75) is 40.0 Å². The van der Waals surface area contributed by atoms with E-state index >= 15 is 0 Å². The van der Waals surface area contributed by atoms with Crippen molar-refractivity contribution in [3.8, 4) is 5.75 Å². The molecule has 1 amide bonds. The number of carboxylic acids is 1. The Bertz CT molecular complexity index is 964. The Hall–Kier alpha value is -3.35. The molecule has 0 radical (unpaired) electrons. The SMILES string of the molecule is CC1=NN(C)C(Oc2cc(C)cc(C)c2)C1C(=O)N[C@@H](C)c1ccc(C(=O)O)cc1. The molecule has 0 aliphatic carbocycles. The summed E-state index contributed by atoms with van der Waals surface area (Å²) < 4.78 is 6.17. The van der Waals surface area contributed by atoms with Gasteiger partial charge in [0.25, 0.3) is 0 Å². The molecule has 0 aromatic heterocycles. The number of rotatable bonds is 6. The Labute approximate surface area is 176 Å². The van der Waals surface area contributed by atoms with Crippen LogP contribution in [0.25, 0.3) is 0 Å². The topological polar surface area (TPSA) is 91.2 Å². The van der Waals surface area contributed by atoms with Gasteiger partial charge in [0.05, 0.1) is 17.3 Å². The van der Waals surface area contributed by atoms with Crippen molar-refractivity contribution in [1.29, 1.82) is 0 Å². The normalized spacial score (nSPS) is 19.2. The lowest BCUT2D eigenvalue weighted by Crippen LogP contribution is -2.45. The molecule has 7 nitrogen and oxygen atoms in total. The summed E-state index contributed by atoms with van der Waals surface area (Å²) in [5, 5.41) is 18.1. The van der Waals surface area contributed by atoms with Gasteiger partial charge in [0.1, 0.15) is 11.7 Å². The summed E-state index contributed by atoms with van der Waals surface area (Å²) in [6, 6.07) is 12.1. The molecule has 1 aliphatic rings. The number of aromatic carboxylic acids is 1. The summed E-state index contributed by atoms with van der Waals surface area (Å²) >= 11 is 0. The quantitative estimate of drug-likeness (QED) is 0.762.